The van der Waals surface area contributed by atoms with E-state index in [9.17, 15) is 9.59 Å². The molecule has 0 bridgehead atoms. The molecular weight excluding hydrogens is 392 g/mol. The largest absolute Gasteiger partial charge is 0.352 e. The van der Waals surface area contributed by atoms with E-state index >= 15 is 0 Å². The lowest BCUT2D eigenvalue weighted by molar-refractivity contribution is -0.139. The summed E-state index contributed by atoms with van der Waals surface area (Å²) in [5.74, 6) is 0.253. The summed E-state index contributed by atoms with van der Waals surface area (Å²) in [5, 5.41) is 3.19. The molecule has 0 spiro atoms. The zero-order chi connectivity index (χ0) is 21.3. The first-order valence-electron chi connectivity index (χ1n) is 10.9. The van der Waals surface area contributed by atoms with Crippen molar-refractivity contribution in [3.8, 4) is 0 Å². The van der Waals surface area contributed by atoms with E-state index in [1.807, 2.05) is 68.4 Å². The molecule has 1 aliphatic rings. The molecule has 0 aliphatic heterocycles. The number of aryl methyl sites for hydroxylation is 1. The quantitative estimate of drug-likeness (QED) is 0.610. The lowest BCUT2D eigenvalue weighted by Gasteiger charge is -2.31. The second-order valence-electron chi connectivity index (χ2n) is 8.07. The maximum absolute atomic E-state index is 13.2. The zero-order valence-electron chi connectivity index (χ0n) is 18.0. The highest BCUT2D eigenvalue weighted by Crippen LogP contribution is 2.21. The summed E-state index contributed by atoms with van der Waals surface area (Å²) in [7, 11) is 0. The lowest BCUT2D eigenvalue weighted by Crippen LogP contribution is -2.50. The Labute approximate surface area is 184 Å². The van der Waals surface area contributed by atoms with Crippen molar-refractivity contribution < 1.29 is 9.59 Å². The van der Waals surface area contributed by atoms with E-state index < -0.39 is 6.04 Å². The lowest BCUT2D eigenvalue weighted by atomic mass is 9.95. The van der Waals surface area contributed by atoms with Crippen molar-refractivity contribution >= 4 is 23.6 Å². The molecule has 160 valence electrons. The van der Waals surface area contributed by atoms with Crippen molar-refractivity contribution in [2.75, 3.05) is 5.75 Å². The summed E-state index contributed by atoms with van der Waals surface area (Å²) < 4.78 is 0. The molecule has 0 unspecified atom stereocenters. The second-order valence-corrected chi connectivity index (χ2v) is 9.12. The molecule has 0 heterocycles. The average Bonchev–Trinajstić information content (AvgIpc) is 2.78. The van der Waals surface area contributed by atoms with Gasteiger partial charge in [0.15, 0.2) is 0 Å². The minimum atomic E-state index is -0.504. The number of carbonyl (C=O) groups is 2. The van der Waals surface area contributed by atoms with Crippen LogP contribution in [-0.2, 0) is 16.1 Å². The van der Waals surface area contributed by atoms with E-state index in [0.717, 1.165) is 28.9 Å². The van der Waals surface area contributed by atoms with Crippen LogP contribution in [0.25, 0.3) is 0 Å². The Balaban J connectivity index is 1.71. The van der Waals surface area contributed by atoms with Crippen LogP contribution in [0.2, 0.25) is 0 Å². The first-order valence-corrected chi connectivity index (χ1v) is 11.9. The predicted molar refractivity (Wildman–Crippen MR) is 123 cm³/mol. The summed E-state index contributed by atoms with van der Waals surface area (Å²) in [6.07, 6.45) is 5.65. The van der Waals surface area contributed by atoms with E-state index in [4.69, 9.17) is 0 Å². The van der Waals surface area contributed by atoms with Crippen LogP contribution in [0.5, 0.6) is 0 Å². The predicted octanol–water partition coefficient (Wildman–Crippen LogP) is 4.95. The van der Waals surface area contributed by atoms with E-state index in [-0.39, 0.29) is 17.9 Å². The van der Waals surface area contributed by atoms with Gasteiger partial charge in [-0.2, -0.15) is 0 Å². The molecule has 0 aromatic heterocycles. The summed E-state index contributed by atoms with van der Waals surface area (Å²) in [4.78, 5) is 29.0. The maximum Gasteiger partial charge on any atom is 0.242 e. The standard InChI is InChI=1S/C25H32N2O2S/c1-19-11-9-10-12-21(19)17-27(24(28)18-30-23-15-7-4-8-16-23)20(2)25(29)26-22-13-5-3-6-14-22/h4,7-12,15-16,20,22H,3,5-6,13-14,17-18H2,1-2H3,(H,26,29)/t20-/m1/s1. The first-order chi connectivity index (χ1) is 14.5. The van der Waals surface area contributed by atoms with Gasteiger partial charge in [0.25, 0.3) is 0 Å². The molecule has 1 aliphatic carbocycles. The molecule has 1 N–H and O–H groups in total. The number of benzene rings is 2. The van der Waals surface area contributed by atoms with Gasteiger partial charge in [0.05, 0.1) is 5.75 Å². The van der Waals surface area contributed by atoms with Gasteiger partial charge >= 0.3 is 0 Å². The molecular formula is C25H32N2O2S. The van der Waals surface area contributed by atoms with Gasteiger partial charge in [-0.15, -0.1) is 11.8 Å². The van der Waals surface area contributed by atoms with Crippen molar-refractivity contribution in [3.05, 3.63) is 65.7 Å². The van der Waals surface area contributed by atoms with Crippen molar-refractivity contribution in [2.24, 2.45) is 0 Å². The Bertz CT molecular complexity index is 834. The zero-order valence-corrected chi connectivity index (χ0v) is 18.8. The van der Waals surface area contributed by atoms with Gasteiger partial charge in [-0.3, -0.25) is 9.59 Å². The second kappa shape index (κ2) is 11.2. The molecule has 1 fully saturated rings. The maximum atomic E-state index is 13.2. The van der Waals surface area contributed by atoms with Crippen LogP contribution in [0, 0.1) is 6.92 Å². The number of nitrogens with one attached hydrogen (secondary N) is 1. The molecule has 0 saturated heterocycles. The van der Waals surface area contributed by atoms with Gasteiger partial charge in [0.2, 0.25) is 11.8 Å². The number of amides is 2. The fourth-order valence-electron chi connectivity index (χ4n) is 3.87. The number of thioether (sulfide) groups is 1. The fraction of sp³-hybridized carbons (Fsp3) is 0.440. The highest BCUT2D eigenvalue weighted by atomic mass is 32.2. The van der Waals surface area contributed by atoms with Crippen LogP contribution < -0.4 is 5.32 Å². The van der Waals surface area contributed by atoms with E-state index in [1.54, 1.807) is 4.90 Å². The number of carbonyl (C=O) groups excluding carboxylic acids is 2. The number of hydrogen-bond donors (Lipinski definition) is 1. The third-order valence-corrected chi connectivity index (χ3v) is 6.82. The third-order valence-electron chi connectivity index (χ3n) is 5.83. The molecule has 1 saturated carbocycles. The van der Waals surface area contributed by atoms with E-state index in [0.29, 0.717) is 12.3 Å². The molecule has 3 rings (SSSR count). The first kappa shape index (κ1) is 22.4. The fourth-order valence-corrected chi connectivity index (χ4v) is 4.67. The molecule has 0 radical (unpaired) electrons. The van der Waals surface area contributed by atoms with Gasteiger partial charge in [-0.25, -0.2) is 0 Å². The highest BCUT2D eigenvalue weighted by molar-refractivity contribution is 8.00. The SMILES string of the molecule is Cc1ccccc1CN(C(=O)CSc1ccccc1)[C@H](C)C(=O)NC1CCCCC1. The molecule has 1 atom stereocenters. The van der Waals surface area contributed by atoms with Crippen LogP contribution in [0.4, 0.5) is 0 Å². The van der Waals surface area contributed by atoms with Gasteiger partial charge in [0.1, 0.15) is 6.04 Å². The van der Waals surface area contributed by atoms with Crippen LogP contribution in [0.1, 0.15) is 50.2 Å². The van der Waals surface area contributed by atoms with Crippen LogP contribution >= 0.6 is 11.8 Å². The summed E-state index contributed by atoms with van der Waals surface area (Å²) in [6, 6.07) is 17.7. The molecule has 5 heteroatoms. The summed E-state index contributed by atoms with van der Waals surface area (Å²) in [5.41, 5.74) is 2.21. The molecule has 30 heavy (non-hydrogen) atoms. The van der Waals surface area contributed by atoms with E-state index in [2.05, 4.69) is 5.32 Å². The number of rotatable bonds is 8. The number of hydrogen-bond acceptors (Lipinski definition) is 3. The molecule has 4 nitrogen and oxygen atoms in total. The van der Waals surface area contributed by atoms with Gasteiger partial charge in [-0.1, -0.05) is 61.7 Å². The molecule has 2 aromatic rings. The smallest absolute Gasteiger partial charge is 0.242 e. The average molecular weight is 425 g/mol. The Hall–Kier alpha value is -2.27. The van der Waals surface area contributed by atoms with Crippen LogP contribution in [0.3, 0.4) is 0 Å². The Kier molecular flexibility index (Phi) is 8.38. The van der Waals surface area contributed by atoms with Gasteiger partial charge in [0, 0.05) is 17.5 Å². The summed E-state index contributed by atoms with van der Waals surface area (Å²) >= 11 is 1.51. The van der Waals surface area contributed by atoms with Crippen LogP contribution in [0.15, 0.2) is 59.5 Å². The van der Waals surface area contributed by atoms with Crippen molar-refractivity contribution in [3.63, 3.8) is 0 Å². The van der Waals surface area contributed by atoms with Gasteiger partial charge in [-0.05, 0) is 49.9 Å². The minimum Gasteiger partial charge on any atom is -0.352 e. The number of nitrogens with zero attached hydrogens (tertiary/aromatic N) is 1. The van der Waals surface area contributed by atoms with Crippen molar-refractivity contribution in [1.29, 1.82) is 0 Å². The Morgan fingerprint density at radius 3 is 2.40 bits per heavy atom. The monoisotopic (exact) mass is 424 g/mol. The molecule has 2 aromatic carbocycles. The minimum absolute atomic E-state index is 0.0154. The molecule has 2 amide bonds. The van der Waals surface area contributed by atoms with Crippen LogP contribution in [-0.4, -0.2) is 34.6 Å². The van der Waals surface area contributed by atoms with Crippen molar-refractivity contribution in [1.82, 2.24) is 10.2 Å². The topological polar surface area (TPSA) is 49.4 Å². The summed E-state index contributed by atoms with van der Waals surface area (Å²) in [6.45, 7) is 4.34. The Morgan fingerprint density at radius 2 is 1.70 bits per heavy atom. The highest BCUT2D eigenvalue weighted by Gasteiger charge is 2.28. The van der Waals surface area contributed by atoms with Gasteiger partial charge < -0.3 is 10.2 Å². The normalized spacial score (nSPS) is 15.4. The Morgan fingerprint density at radius 1 is 1.03 bits per heavy atom. The van der Waals surface area contributed by atoms with E-state index in [1.165, 1.54) is 31.0 Å². The van der Waals surface area contributed by atoms with Crippen molar-refractivity contribution in [2.45, 2.75) is 69.5 Å². The third kappa shape index (κ3) is 6.36.